The molecule has 2 aromatic heterocycles. The van der Waals surface area contributed by atoms with Crippen molar-refractivity contribution in [2.24, 2.45) is 5.92 Å². The summed E-state index contributed by atoms with van der Waals surface area (Å²) < 4.78 is 0. The number of thiophene rings is 1. The largest absolute Gasteiger partial charge is 0.302 e. The Bertz CT molecular complexity index is 505. The molecule has 1 atom stereocenters. The van der Waals surface area contributed by atoms with Crippen LogP contribution in [0.2, 0.25) is 0 Å². The van der Waals surface area contributed by atoms with Crippen molar-refractivity contribution < 1.29 is 4.79 Å². The van der Waals surface area contributed by atoms with Crippen molar-refractivity contribution in [2.75, 3.05) is 5.32 Å². The molecule has 96 valence electrons. The Morgan fingerprint density at radius 3 is 3.00 bits per heavy atom. The molecule has 3 nitrogen and oxygen atoms in total. The average molecular weight is 280 g/mol. The number of hydrogen-bond acceptors (Lipinski definition) is 4. The highest BCUT2D eigenvalue weighted by atomic mass is 32.1. The molecular formula is C13H16N2OS2. The van der Waals surface area contributed by atoms with Gasteiger partial charge in [0.25, 0.3) is 0 Å². The highest BCUT2D eigenvalue weighted by Gasteiger charge is 2.14. The number of amides is 1. The van der Waals surface area contributed by atoms with Crippen LogP contribution in [0.4, 0.5) is 5.13 Å². The van der Waals surface area contributed by atoms with Crippen LogP contribution in [0.1, 0.15) is 26.7 Å². The lowest BCUT2D eigenvalue weighted by Crippen LogP contribution is -2.19. The van der Waals surface area contributed by atoms with Gasteiger partial charge in [0, 0.05) is 11.3 Å². The fourth-order valence-corrected chi connectivity index (χ4v) is 3.14. The predicted molar refractivity (Wildman–Crippen MR) is 78.1 cm³/mol. The van der Waals surface area contributed by atoms with E-state index in [0.29, 0.717) is 5.13 Å². The number of anilines is 1. The Labute approximate surface area is 115 Å². The molecule has 2 heterocycles. The highest BCUT2D eigenvalue weighted by Crippen LogP contribution is 2.28. The lowest BCUT2D eigenvalue weighted by molar-refractivity contribution is -0.119. The highest BCUT2D eigenvalue weighted by molar-refractivity contribution is 7.16. The standard InChI is InChI=1S/C13H16N2OS2/c1-3-5-9(2)12(16)15-13-14-10(8-18-13)11-6-4-7-17-11/h4,6-9H,3,5H2,1-2H3,(H,14,15,16). The second-order valence-corrected chi connectivity index (χ2v) is 6.00. The number of nitrogens with zero attached hydrogens (tertiary/aromatic N) is 1. The van der Waals surface area contributed by atoms with E-state index in [9.17, 15) is 4.79 Å². The topological polar surface area (TPSA) is 42.0 Å². The summed E-state index contributed by atoms with van der Waals surface area (Å²) in [6.07, 6.45) is 1.93. The van der Waals surface area contributed by atoms with E-state index >= 15 is 0 Å². The normalized spacial score (nSPS) is 12.3. The fourth-order valence-electron chi connectivity index (χ4n) is 1.66. The second-order valence-electron chi connectivity index (χ2n) is 4.19. The summed E-state index contributed by atoms with van der Waals surface area (Å²) in [7, 11) is 0. The molecule has 0 aliphatic carbocycles. The summed E-state index contributed by atoms with van der Waals surface area (Å²) in [4.78, 5) is 17.4. The molecule has 0 saturated heterocycles. The molecule has 2 aromatic rings. The van der Waals surface area contributed by atoms with Gasteiger partial charge < -0.3 is 5.32 Å². The zero-order valence-corrected chi connectivity index (χ0v) is 12.1. The lowest BCUT2D eigenvalue weighted by atomic mass is 10.1. The SMILES string of the molecule is CCCC(C)C(=O)Nc1nc(-c2cccs2)cs1. The van der Waals surface area contributed by atoms with Gasteiger partial charge in [-0.05, 0) is 17.9 Å². The van der Waals surface area contributed by atoms with E-state index in [1.54, 1.807) is 11.3 Å². The number of thiazole rings is 1. The second kappa shape index (κ2) is 6.11. The molecule has 0 radical (unpaired) electrons. The van der Waals surface area contributed by atoms with E-state index in [0.717, 1.165) is 23.4 Å². The minimum atomic E-state index is 0.0455. The van der Waals surface area contributed by atoms with Gasteiger partial charge in [-0.1, -0.05) is 26.3 Å². The molecule has 0 aliphatic rings. The average Bonchev–Trinajstić information content (AvgIpc) is 2.98. The third kappa shape index (κ3) is 3.17. The first-order valence-electron chi connectivity index (χ1n) is 6.01. The van der Waals surface area contributed by atoms with Gasteiger partial charge in [0.2, 0.25) is 5.91 Å². The first-order valence-corrected chi connectivity index (χ1v) is 7.77. The molecule has 0 aliphatic heterocycles. The van der Waals surface area contributed by atoms with Gasteiger partial charge in [-0.15, -0.1) is 22.7 Å². The van der Waals surface area contributed by atoms with E-state index in [1.807, 2.05) is 29.8 Å². The maximum absolute atomic E-state index is 11.9. The summed E-state index contributed by atoms with van der Waals surface area (Å²) in [5, 5.41) is 7.57. The third-order valence-electron chi connectivity index (χ3n) is 2.68. The fraction of sp³-hybridized carbons (Fsp3) is 0.385. The quantitative estimate of drug-likeness (QED) is 0.889. The minimum Gasteiger partial charge on any atom is -0.302 e. The van der Waals surface area contributed by atoms with Crippen molar-refractivity contribution in [3.8, 4) is 10.6 Å². The molecule has 5 heteroatoms. The number of aromatic nitrogens is 1. The maximum atomic E-state index is 11.9. The molecule has 1 amide bonds. The monoisotopic (exact) mass is 280 g/mol. The van der Waals surface area contributed by atoms with E-state index < -0.39 is 0 Å². The van der Waals surface area contributed by atoms with Crippen LogP contribution >= 0.6 is 22.7 Å². The van der Waals surface area contributed by atoms with Crippen LogP contribution in [0.5, 0.6) is 0 Å². The number of nitrogens with one attached hydrogen (secondary N) is 1. The molecule has 2 rings (SSSR count). The first kappa shape index (κ1) is 13.2. The summed E-state index contributed by atoms with van der Waals surface area (Å²) in [5.41, 5.74) is 0.938. The molecule has 0 fully saturated rings. The molecule has 1 N–H and O–H groups in total. The Morgan fingerprint density at radius 1 is 1.50 bits per heavy atom. The number of rotatable bonds is 5. The van der Waals surface area contributed by atoms with Crippen LogP contribution in [0.25, 0.3) is 10.6 Å². The Morgan fingerprint density at radius 2 is 2.33 bits per heavy atom. The summed E-state index contributed by atoms with van der Waals surface area (Å²) in [6, 6.07) is 4.03. The van der Waals surface area contributed by atoms with Crippen LogP contribution < -0.4 is 5.32 Å². The molecule has 0 bridgehead atoms. The van der Waals surface area contributed by atoms with E-state index in [4.69, 9.17) is 0 Å². The summed E-state index contributed by atoms with van der Waals surface area (Å²) in [5.74, 6) is 0.105. The number of carbonyl (C=O) groups is 1. The van der Waals surface area contributed by atoms with Crippen molar-refractivity contribution in [3.63, 3.8) is 0 Å². The molecule has 0 spiro atoms. The molecular weight excluding hydrogens is 264 g/mol. The van der Waals surface area contributed by atoms with Gasteiger partial charge in [-0.25, -0.2) is 4.98 Å². The van der Waals surface area contributed by atoms with Crippen LogP contribution in [-0.2, 0) is 4.79 Å². The van der Waals surface area contributed by atoms with Crippen molar-refractivity contribution in [1.29, 1.82) is 0 Å². The van der Waals surface area contributed by atoms with Gasteiger partial charge in [-0.3, -0.25) is 4.79 Å². The Kier molecular flexibility index (Phi) is 4.49. The van der Waals surface area contributed by atoms with Crippen molar-refractivity contribution >= 4 is 33.7 Å². The minimum absolute atomic E-state index is 0.0455. The van der Waals surface area contributed by atoms with Crippen LogP contribution in [0, 0.1) is 5.92 Å². The van der Waals surface area contributed by atoms with Gasteiger partial charge in [-0.2, -0.15) is 0 Å². The third-order valence-corrected chi connectivity index (χ3v) is 4.33. The molecule has 0 saturated carbocycles. The zero-order valence-electron chi connectivity index (χ0n) is 10.5. The summed E-state index contributed by atoms with van der Waals surface area (Å²) in [6.45, 7) is 4.04. The Balaban J connectivity index is 2.01. The van der Waals surface area contributed by atoms with Crippen LogP contribution in [-0.4, -0.2) is 10.9 Å². The first-order chi connectivity index (χ1) is 8.70. The smallest absolute Gasteiger partial charge is 0.228 e. The maximum Gasteiger partial charge on any atom is 0.228 e. The number of hydrogen-bond donors (Lipinski definition) is 1. The van der Waals surface area contributed by atoms with Gasteiger partial charge in [0.1, 0.15) is 0 Å². The van der Waals surface area contributed by atoms with Crippen molar-refractivity contribution in [3.05, 3.63) is 22.9 Å². The van der Waals surface area contributed by atoms with Crippen molar-refractivity contribution in [2.45, 2.75) is 26.7 Å². The van der Waals surface area contributed by atoms with E-state index in [-0.39, 0.29) is 11.8 Å². The van der Waals surface area contributed by atoms with Crippen LogP contribution in [0.3, 0.4) is 0 Å². The van der Waals surface area contributed by atoms with Crippen molar-refractivity contribution in [1.82, 2.24) is 4.98 Å². The molecule has 1 unspecified atom stereocenters. The van der Waals surface area contributed by atoms with Gasteiger partial charge >= 0.3 is 0 Å². The lowest BCUT2D eigenvalue weighted by Gasteiger charge is -2.08. The molecule has 0 aromatic carbocycles. The van der Waals surface area contributed by atoms with Gasteiger partial charge in [0.05, 0.1) is 10.6 Å². The predicted octanol–water partition coefficient (Wildman–Crippen LogP) is 4.25. The van der Waals surface area contributed by atoms with Gasteiger partial charge in [0.15, 0.2) is 5.13 Å². The number of carbonyl (C=O) groups excluding carboxylic acids is 1. The zero-order chi connectivity index (χ0) is 13.0. The summed E-state index contributed by atoms with van der Waals surface area (Å²) >= 11 is 3.13. The molecule has 18 heavy (non-hydrogen) atoms. The van der Waals surface area contributed by atoms with E-state index in [2.05, 4.69) is 17.2 Å². The van der Waals surface area contributed by atoms with E-state index in [1.165, 1.54) is 11.3 Å². The van der Waals surface area contributed by atoms with Crippen LogP contribution in [0.15, 0.2) is 22.9 Å². The Hall–Kier alpha value is -1.20.